The molecule has 27 heavy (non-hydrogen) atoms. The molecule has 0 fully saturated rings. The zero-order valence-electron chi connectivity index (χ0n) is 14.1. The van der Waals surface area contributed by atoms with Crippen molar-refractivity contribution < 1.29 is 8.42 Å². The molecular weight excluding hydrogens is 372 g/mol. The molecule has 13 heteroatoms. The molecule has 12 nitrogen and oxygen atoms in total. The number of aromatic nitrogens is 5. The van der Waals surface area contributed by atoms with E-state index in [-0.39, 0.29) is 22.7 Å². The van der Waals surface area contributed by atoms with Crippen molar-refractivity contribution >= 4 is 33.4 Å². The molecule has 0 radical (unpaired) electrons. The Labute approximate surface area is 154 Å². The third kappa shape index (κ3) is 4.46. The molecule has 0 saturated carbocycles. The molecule has 142 valence electrons. The van der Waals surface area contributed by atoms with E-state index in [1.165, 1.54) is 28.9 Å². The predicted molar refractivity (Wildman–Crippen MR) is 100 cm³/mol. The van der Waals surface area contributed by atoms with Gasteiger partial charge in [0.15, 0.2) is 0 Å². The van der Waals surface area contributed by atoms with Gasteiger partial charge in [0.1, 0.15) is 5.82 Å². The molecule has 3 aromatic rings. The Bertz CT molecular complexity index is 1030. The van der Waals surface area contributed by atoms with Gasteiger partial charge in [-0.3, -0.25) is 0 Å². The van der Waals surface area contributed by atoms with Gasteiger partial charge in [-0.2, -0.15) is 14.6 Å². The molecule has 0 aliphatic heterocycles. The highest BCUT2D eigenvalue weighted by atomic mass is 32.2. The summed E-state index contributed by atoms with van der Waals surface area (Å²) in [4.78, 5) is 12.5. The van der Waals surface area contributed by atoms with Crippen molar-refractivity contribution in [2.24, 2.45) is 10.9 Å². The monoisotopic (exact) mass is 390 g/mol. The van der Waals surface area contributed by atoms with Gasteiger partial charge in [-0.05, 0) is 30.3 Å². The minimum atomic E-state index is -3.76. The fourth-order valence-electron chi connectivity index (χ4n) is 2.13. The van der Waals surface area contributed by atoms with Gasteiger partial charge in [0.2, 0.25) is 21.9 Å². The number of benzene rings is 1. The second kappa shape index (κ2) is 7.53. The molecule has 0 unspecified atom stereocenters. The first-order valence-electron chi connectivity index (χ1n) is 7.76. The average molecular weight is 390 g/mol. The number of primary sulfonamides is 1. The first-order valence-corrected chi connectivity index (χ1v) is 9.31. The van der Waals surface area contributed by atoms with Crippen LogP contribution in [-0.4, -0.2) is 46.2 Å². The van der Waals surface area contributed by atoms with Crippen LogP contribution in [0.1, 0.15) is 0 Å². The van der Waals surface area contributed by atoms with Crippen molar-refractivity contribution in [3.05, 3.63) is 36.5 Å². The lowest BCUT2D eigenvalue weighted by atomic mass is 10.3. The van der Waals surface area contributed by atoms with Crippen LogP contribution < -0.4 is 27.2 Å². The number of nitrogens with one attached hydrogen (secondary N) is 2. The van der Waals surface area contributed by atoms with Crippen molar-refractivity contribution in [3.8, 4) is 5.95 Å². The van der Waals surface area contributed by atoms with Gasteiger partial charge in [0, 0.05) is 25.0 Å². The second-order valence-electron chi connectivity index (χ2n) is 5.36. The summed E-state index contributed by atoms with van der Waals surface area (Å²) in [5.41, 5.74) is 11.9. The summed E-state index contributed by atoms with van der Waals surface area (Å²) < 4.78 is 23.8. The van der Waals surface area contributed by atoms with E-state index in [9.17, 15) is 8.42 Å². The number of anilines is 4. The maximum atomic E-state index is 11.3. The van der Waals surface area contributed by atoms with Gasteiger partial charge in [0.05, 0.1) is 4.90 Å². The molecule has 2 heterocycles. The molecular formula is C14H18N10O2S. The molecule has 0 amide bonds. The van der Waals surface area contributed by atoms with Gasteiger partial charge in [-0.25, -0.2) is 18.5 Å². The molecule has 0 aliphatic carbocycles. The van der Waals surface area contributed by atoms with E-state index < -0.39 is 10.0 Å². The highest BCUT2D eigenvalue weighted by Gasteiger charge is 2.13. The van der Waals surface area contributed by atoms with Gasteiger partial charge >= 0.3 is 0 Å². The second-order valence-corrected chi connectivity index (χ2v) is 6.92. The Morgan fingerprint density at radius 1 is 1.11 bits per heavy atom. The van der Waals surface area contributed by atoms with Gasteiger partial charge in [-0.1, -0.05) is 0 Å². The standard InChI is InChI=1S/C14H18N10O2S/c15-6-8-18-11-5-7-19-14(21-11)24-12(16)22-13(23-24)20-9-1-3-10(4-2-9)27(17,25)26/h1-5,7H,6,8,15H2,(H2,17,25,26)(H,18,19,21)(H3,16,20,22,23). The van der Waals surface area contributed by atoms with E-state index in [0.717, 1.165) is 0 Å². The number of nitrogens with two attached hydrogens (primary N) is 3. The van der Waals surface area contributed by atoms with Crippen LogP contribution in [0.25, 0.3) is 5.95 Å². The minimum Gasteiger partial charge on any atom is -0.369 e. The van der Waals surface area contributed by atoms with Crippen molar-refractivity contribution in [2.75, 3.05) is 29.5 Å². The predicted octanol–water partition coefficient (Wildman–Crippen LogP) is -0.599. The lowest BCUT2D eigenvalue weighted by Crippen LogP contribution is -2.15. The average Bonchev–Trinajstić information content (AvgIpc) is 3.00. The van der Waals surface area contributed by atoms with Crippen LogP contribution in [0.2, 0.25) is 0 Å². The topological polar surface area (TPSA) is 193 Å². The van der Waals surface area contributed by atoms with Crippen molar-refractivity contribution in [3.63, 3.8) is 0 Å². The summed E-state index contributed by atoms with van der Waals surface area (Å²) in [5, 5.41) is 15.2. The summed E-state index contributed by atoms with van der Waals surface area (Å²) in [6.07, 6.45) is 1.56. The van der Waals surface area contributed by atoms with Gasteiger partial charge in [-0.15, -0.1) is 5.10 Å². The van der Waals surface area contributed by atoms with E-state index in [1.807, 2.05) is 0 Å². The largest absolute Gasteiger partial charge is 0.369 e. The van der Waals surface area contributed by atoms with E-state index in [1.54, 1.807) is 12.3 Å². The summed E-state index contributed by atoms with van der Waals surface area (Å²) in [5.74, 6) is 1.09. The Balaban J connectivity index is 1.80. The zero-order valence-corrected chi connectivity index (χ0v) is 14.9. The molecule has 1 aromatic carbocycles. The van der Waals surface area contributed by atoms with Crippen LogP contribution in [-0.2, 0) is 10.0 Å². The highest BCUT2D eigenvalue weighted by Crippen LogP contribution is 2.18. The highest BCUT2D eigenvalue weighted by molar-refractivity contribution is 7.89. The molecule has 2 aromatic heterocycles. The lowest BCUT2D eigenvalue weighted by molar-refractivity contribution is 0.598. The summed E-state index contributed by atoms with van der Waals surface area (Å²) >= 11 is 0. The minimum absolute atomic E-state index is 0.00115. The summed E-state index contributed by atoms with van der Waals surface area (Å²) in [6.45, 7) is 1.02. The molecule has 0 aliphatic rings. The number of nitrogens with zero attached hydrogens (tertiary/aromatic N) is 5. The molecule has 0 atom stereocenters. The Morgan fingerprint density at radius 3 is 2.52 bits per heavy atom. The fraction of sp³-hybridized carbons (Fsp3) is 0.143. The number of rotatable bonds is 7. The van der Waals surface area contributed by atoms with Gasteiger partial charge in [0.25, 0.3) is 5.95 Å². The Kier molecular flexibility index (Phi) is 5.16. The number of hydrogen-bond acceptors (Lipinski definition) is 10. The number of hydrogen-bond donors (Lipinski definition) is 5. The van der Waals surface area contributed by atoms with E-state index in [2.05, 4.69) is 30.7 Å². The normalized spacial score (nSPS) is 11.3. The molecule has 0 bridgehead atoms. The van der Waals surface area contributed by atoms with Crippen LogP contribution in [0.5, 0.6) is 0 Å². The maximum Gasteiger partial charge on any atom is 0.255 e. The zero-order chi connectivity index (χ0) is 19.4. The van der Waals surface area contributed by atoms with Gasteiger partial charge < -0.3 is 22.1 Å². The van der Waals surface area contributed by atoms with E-state index in [0.29, 0.717) is 24.6 Å². The molecule has 0 saturated heterocycles. The van der Waals surface area contributed by atoms with Crippen LogP contribution >= 0.6 is 0 Å². The number of nitrogen functional groups attached to an aromatic ring is 1. The van der Waals surface area contributed by atoms with E-state index >= 15 is 0 Å². The number of sulfonamides is 1. The molecule has 0 spiro atoms. The Morgan fingerprint density at radius 2 is 1.85 bits per heavy atom. The summed E-state index contributed by atoms with van der Waals surface area (Å²) in [6, 6.07) is 7.49. The van der Waals surface area contributed by atoms with Crippen molar-refractivity contribution in [1.29, 1.82) is 0 Å². The van der Waals surface area contributed by atoms with Crippen molar-refractivity contribution in [2.45, 2.75) is 4.90 Å². The van der Waals surface area contributed by atoms with Crippen LogP contribution in [0.3, 0.4) is 0 Å². The van der Waals surface area contributed by atoms with Crippen LogP contribution in [0, 0.1) is 0 Å². The molecule has 3 rings (SSSR count). The SMILES string of the molecule is NCCNc1ccnc(-n2nc(Nc3ccc(S(N)(=O)=O)cc3)nc2N)n1. The maximum absolute atomic E-state index is 11.3. The first kappa shape index (κ1) is 18.5. The van der Waals surface area contributed by atoms with E-state index in [4.69, 9.17) is 16.6 Å². The first-order chi connectivity index (χ1) is 12.9. The third-order valence-corrected chi connectivity index (χ3v) is 4.28. The lowest BCUT2D eigenvalue weighted by Gasteiger charge is -2.05. The van der Waals surface area contributed by atoms with Crippen LogP contribution in [0.4, 0.5) is 23.4 Å². The van der Waals surface area contributed by atoms with Crippen molar-refractivity contribution in [1.82, 2.24) is 24.7 Å². The van der Waals surface area contributed by atoms with Crippen LogP contribution in [0.15, 0.2) is 41.4 Å². The molecule has 8 N–H and O–H groups in total. The quantitative estimate of drug-likeness (QED) is 0.348. The summed E-state index contributed by atoms with van der Waals surface area (Å²) in [7, 11) is -3.76. The fourth-order valence-corrected chi connectivity index (χ4v) is 2.65. The smallest absolute Gasteiger partial charge is 0.255 e. The third-order valence-electron chi connectivity index (χ3n) is 3.35. The Hall–Kier alpha value is -3.29.